The van der Waals surface area contributed by atoms with Crippen LogP contribution in [0, 0.1) is 22.3 Å². The molecular weight excluding hydrogens is 682 g/mol. The van der Waals surface area contributed by atoms with E-state index in [-0.39, 0.29) is 12.5 Å². The van der Waals surface area contributed by atoms with Crippen molar-refractivity contribution in [1.82, 2.24) is 5.16 Å². The first-order valence-electron chi connectivity index (χ1n) is 15.4. The van der Waals surface area contributed by atoms with E-state index in [9.17, 15) is 23.1 Å². The molecule has 0 unspecified atom stereocenters. The van der Waals surface area contributed by atoms with Gasteiger partial charge in [0, 0.05) is 41.5 Å². The molecule has 44 heavy (non-hydrogen) atoms. The van der Waals surface area contributed by atoms with Crippen LogP contribution in [-0.4, -0.2) is 33.8 Å². The van der Waals surface area contributed by atoms with Crippen molar-refractivity contribution >= 4 is 42.8 Å². The maximum atomic E-state index is 13.8. The zero-order valence-corrected chi connectivity index (χ0v) is 27.6. The number of benzene rings is 2. The molecule has 0 aliphatic heterocycles. The largest absolute Gasteiger partial charge is 0.481 e. The lowest BCUT2D eigenvalue weighted by Gasteiger charge is -2.35. The number of halogens is 4. The Morgan fingerprint density at radius 3 is 2.32 bits per heavy atom. The minimum absolute atomic E-state index is 0.233. The molecule has 5 rings (SSSR count). The van der Waals surface area contributed by atoms with Crippen LogP contribution in [0.1, 0.15) is 79.0 Å². The summed E-state index contributed by atoms with van der Waals surface area (Å²) in [6, 6.07) is 10.7. The van der Waals surface area contributed by atoms with Crippen LogP contribution in [0.2, 0.25) is 0 Å². The number of nitrogens with zero attached hydrogens (tertiary/aromatic N) is 3. The molecule has 1 N–H and O–H groups in total. The highest BCUT2D eigenvalue weighted by molar-refractivity contribution is 14.2. The summed E-state index contributed by atoms with van der Waals surface area (Å²) in [6.45, 7) is 6.32. The van der Waals surface area contributed by atoms with Crippen LogP contribution < -0.4 is 9.80 Å². The smallest absolute Gasteiger partial charge is 0.416 e. The van der Waals surface area contributed by atoms with Crippen molar-refractivity contribution in [3.63, 3.8) is 0 Å². The third-order valence-corrected chi connectivity index (χ3v) is 10.5. The minimum atomic E-state index is -4.44. The zero-order chi connectivity index (χ0) is 31.4. The van der Waals surface area contributed by atoms with E-state index in [1.54, 1.807) is 0 Å². The molecule has 0 radical (unpaired) electrons. The summed E-state index contributed by atoms with van der Waals surface area (Å²) in [5, 5.41) is 13.6. The Morgan fingerprint density at radius 1 is 1.02 bits per heavy atom. The molecule has 0 bridgehead atoms. The summed E-state index contributed by atoms with van der Waals surface area (Å²) in [5.41, 5.74) is 5.58. The highest BCUT2D eigenvalue weighted by Gasteiger charge is 2.32. The first-order chi connectivity index (χ1) is 21.0. The van der Waals surface area contributed by atoms with Crippen molar-refractivity contribution in [3.05, 3.63) is 73.5 Å². The maximum absolute atomic E-state index is 13.8. The molecule has 1 fully saturated rings. The number of fused-ring (bicyclic) bond motifs is 1. The van der Waals surface area contributed by atoms with E-state index < -0.39 is 38.4 Å². The van der Waals surface area contributed by atoms with Crippen LogP contribution in [-0.2, 0) is 36.9 Å². The standard InChI is InChI=1S/C34H41F3IN3O3/c1-4-40(19-23-9-11-25(12-10-23)33(42)43)31-17-27-8-6-5-7-26(27)16-28(31)21-41(32-13-22(2)39-44-32)20-24-14-29(34(35,36)37)18-30(15-24)38-3/h13-18,23,25H,3-12,19-21H2,1-2H3,(H,42,43). The summed E-state index contributed by atoms with van der Waals surface area (Å²) < 4.78 is 51.7. The number of aliphatic carboxylic acids is 1. The Hall–Kier alpha value is -2.89. The summed E-state index contributed by atoms with van der Waals surface area (Å²) in [4.78, 5) is 15.9. The van der Waals surface area contributed by atoms with Crippen molar-refractivity contribution < 1.29 is 27.6 Å². The van der Waals surface area contributed by atoms with E-state index in [2.05, 4.69) is 33.6 Å². The Bertz CT molecular complexity index is 1480. The fourth-order valence-corrected chi connectivity index (χ4v) is 7.84. The fourth-order valence-electron chi connectivity index (χ4n) is 6.67. The van der Waals surface area contributed by atoms with Crippen LogP contribution in [0.3, 0.4) is 0 Å². The molecule has 0 amide bonds. The molecule has 1 aromatic heterocycles. The molecule has 1 saturated carbocycles. The first-order valence-corrected chi connectivity index (χ1v) is 18.0. The van der Waals surface area contributed by atoms with Gasteiger partial charge in [0.1, 0.15) is 0 Å². The lowest BCUT2D eigenvalue weighted by molar-refractivity contribution is -0.143. The van der Waals surface area contributed by atoms with Gasteiger partial charge in [0.05, 0.1) is 17.2 Å². The normalized spacial score (nSPS) is 18.6. The topological polar surface area (TPSA) is 69.8 Å². The summed E-state index contributed by atoms with van der Waals surface area (Å²) >= 11 is -0.781. The van der Waals surface area contributed by atoms with Gasteiger partial charge in [0.25, 0.3) is 0 Å². The molecule has 2 aliphatic carbocycles. The fraction of sp³-hybridized carbons (Fsp3) is 0.500. The number of rotatable bonds is 11. The van der Waals surface area contributed by atoms with Gasteiger partial charge < -0.3 is 19.4 Å². The average Bonchev–Trinajstić information content (AvgIpc) is 3.45. The Kier molecular flexibility index (Phi) is 10.4. The van der Waals surface area contributed by atoms with Crippen LogP contribution in [0.25, 0.3) is 0 Å². The Labute approximate surface area is 267 Å². The third kappa shape index (κ3) is 7.84. The van der Waals surface area contributed by atoms with Gasteiger partial charge in [-0.05, 0) is 118 Å². The number of carboxylic acid groups (broad SMARTS) is 1. The van der Waals surface area contributed by atoms with E-state index in [4.69, 9.17) is 4.52 Å². The summed E-state index contributed by atoms with van der Waals surface area (Å²) in [6.07, 6.45) is 3.12. The van der Waals surface area contributed by atoms with Gasteiger partial charge in [0.2, 0.25) is 5.88 Å². The molecule has 0 saturated heterocycles. The van der Waals surface area contributed by atoms with Crippen LogP contribution in [0.15, 0.2) is 40.9 Å². The monoisotopic (exact) mass is 723 g/mol. The second kappa shape index (κ2) is 14.0. The molecular formula is C34H41F3IN3O3. The molecule has 2 aromatic carbocycles. The van der Waals surface area contributed by atoms with Gasteiger partial charge in [-0.15, -0.1) is 0 Å². The van der Waals surface area contributed by atoms with Crippen molar-refractivity contribution in [2.75, 3.05) is 22.9 Å². The number of hydrogen-bond donors (Lipinski definition) is 1. The second-order valence-corrected chi connectivity index (χ2v) is 14.2. The lowest BCUT2D eigenvalue weighted by Crippen LogP contribution is -2.34. The van der Waals surface area contributed by atoms with Crippen molar-refractivity contribution in [2.24, 2.45) is 11.8 Å². The first kappa shape index (κ1) is 32.5. The predicted octanol–water partition coefficient (Wildman–Crippen LogP) is 8.38. The number of carboxylic acids is 1. The maximum Gasteiger partial charge on any atom is 0.416 e. The molecule has 2 aliphatic rings. The number of aryl methyl sites for hydroxylation is 3. The van der Waals surface area contributed by atoms with Gasteiger partial charge in [-0.1, -0.05) is 36.5 Å². The van der Waals surface area contributed by atoms with Crippen molar-refractivity contribution in [1.29, 1.82) is 0 Å². The number of alkyl halides is 3. The van der Waals surface area contributed by atoms with Crippen LogP contribution in [0.4, 0.5) is 24.7 Å². The SMILES string of the molecule is C=Ic1cc(CN(Cc2cc3c(cc2N(CC)CC2CCC(C(=O)O)CC2)CCCC3)c2cc(C)no2)cc(C(F)(F)F)c1. The molecule has 6 nitrogen and oxygen atoms in total. The zero-order valence-electron chi connectivity index (χ0n) is 25.4. The minimum Gasteiger partial charge on any atom is -0.481 e. The lowest BCUT2D eigenvalue weighted by atomic mass is 9.81. The van der Waals surface area contributed by atoms with E-state index >= 15 is 0 Å². The Morgan fingerprint density at radius 2 is 1.73 bits per heavy atom. The van der Waals surface area contributed by atoms with E-state index in [0.29, 0.717) is 46.0 Å². The number of hydrogen-bond acceptors (Lipinski definition) is 5. The van der Waals surface area contributed by atoms with Gasteiger partial charge in [-0.25, -0.2) is 0 Å². The van der Waals surface area contributed by atoms with Gasteiger partial charge in [0.15, 0.2) is 0 Å². The van der Waals surface area contributed by atoms with Crippen molar-refractivity contribution in [3.8, 4) is 0 Å². The van der Waals surface area contributed by atoms with E-state index in [1.807, 2.05) is 24.0 Å². The van der Waals surface area contributed by atoms with E-state index in [0.717, 1.165) is 62.9 Å². The molecule has 0 spiro atoms. The molecule has 1 heterocycles. The molecule has 238 valence electrons. The van der Waals surface area contributed by atoms with Crippen molar-refractivity contribution in [2.45, 2.75) is 84.5 Å². The van der Waals surface area contributed by atoms with Gasteiger partial charge >= 0.3 is 12.1 Å². The van der Waals surface area contributed by atoms with Crippen LogP contribution >= 0.6 is 20.7 Å². The van der Waals surface area contributed by atoms with E-state index in [1.165, 1.54) is 23.3 Å². The molecule has 10 heteroatoms. The summed E-state index contributed by atoms with van der Waals surface area (Å²) in [7, 11) is 0. The Balaban J connectivity index is 1.49. The number of anilines is 2. The number of aromatic nitrogens is 1. The third-order valence-electron chi connectivity index (χ3n) is 9.04. The molecule has 0 atom stereocenters. The average molecular weight is 724 g/mol. The highest BCUT2D eigenvalue weighted by atomic mass is 127. The molecule has 3 aromatic rings. The highest BCUT2D eigenvalue weighted by Crippen LogP contribution is 2.37. The predicted molar refractivity (Wildman–Crippen MR) is 176 cm³/mol. The van der Waals surface area contributed by atoms with Gasteiger partial charge in [-0.2, -0.15) is 13.2 Å². The quantitative estimate of drug-likeness (QED) is 0.201. The van der Waals surface area contributed by atoms with Gasteiger partial charge in [-0.3, -0.25) is 4.79 Å². The second-order valence-electron chi connectivity index (χ2n) is 12.2. The number of carbonyl (C=O) groups is 1. The van der Waals surface area contributed by atoms with Crippen LogP contribution in [0.5, 0.6) is 0 Å². The summed E-state index contributed by atoms with van der Waals surface area (Å²) in [5.74, 6) is -0.0107.